The summed E-state index contributed by atoms with van der Waals surface area (Å²) in [7, 11) is 0. The number of aliphatic hydroxyl groups excluding tert-OH is 1. The molecule has 0 spiro atoms. The number of hydrogen-bond acceptors (Lipinski definition) is 3. The van der Waals surface area contributed by atoms with Crippen molar-refractivity contribution in [1.29, 1.82) is 0 Å². The molecule has 0 aromatic heterocycles. The number of fused-ring (bicyclic) bond motifs is 1. The van der Waals surface area contributed by atoms with E-state index in [0.717, 1.165) is 27.8 Å². The van der Waals surface area contributed by atoms with Crippen molar-refractivity contribution in [2.75, 3.05) is 0 Å². The fraction of sp³-hybridized carbons (Fsp3) is 0.206. The van der Waals surface area contributed by atoms with Crippen LogP contribution in [0.15, 0.2) is 132 Å². The quantitative estimate of drug-likeness (QED) is 0.321. The van der Waals surface area contributed by atoms with Crippen molar-refractivity contribution in [2.24, 2.45) is 0 Å². The van der Waals surface area contributed by atoms with Crippen LogP contribution >= 0.6 is 0 Å². The van der Waals surface area contributed by atoms with E-state index in [9.17, 15) is 9.90 Å². The normalized spacial score (nSPS) is 25.0. The van der Waals surface area contributed by atoms with Crippen LogP contribution in [0.3, 0.4) is 0 Å². The van der Waals surface area contributed by atoms with E-state index in [4.69, 9.17) is 4.74 Å². The first-order chi connectivity index (χ1) is 18.2. The molecule has 0 unspecified atom stereocenters. The van der Waals surface area contributed by atoms with E-state index in [2.05, 4.69) is 36.4 Å². The number of aliphatic hydroxyl groups is 1. The Balaban J connectivity index is 1.60. The number of ether oxygens (including phenoxy) is 1. The largest absolute Gasteiger partial charge is 0.450 e. The van der Waals surface area contributed by atoms with Gasteiger partial charge in [-0.1, -0.05) is 121 Å². The Morgan fingerprint density at radius 2 is 1.22 bits per heavy atom. The third-order valence-corrected chi connectivity index (χ3v) is 7.93. The van der Waals surface area contributed by atoms with E-state index < -0.39 is 11.7 Å². The number of carbonyl (C=O) groups excluding carboxylic acids is 1. The van der Waals surface area contributed by atoms with E-state index in [1.165, 1.54) is 0 Å². The Kier molecular flexibility index (Phi) is 6.23. The van der Waals surface area contributed by atoms with Crippen LogP contribution in [0.4, 0.5) is 0 Å². The summed E-state index contributed by atoms with van der Waals surface area (Å²) in [4.78, 5) is 13.8. The van der Waals surface area contributed by atoms with Gasteiger partial charge in [0.05, 0.1) is 6.10 Å². The van der Waals surface area contributed by atoms with E-state index >= 15 is 0 Å². The van der Waals surface area contributed by atoms with E-state index in [1.807, 2.05) is 84.9 Å². The topological polar surface area (TPSA) is 46.5 Å². The Labute approximate surface area is 218 Å². The lowest BCUT2D eigenvalue weighted by Crippen LogP contribution is -2.50. The van der Waals surface area contributed by atoms with E-state index in [1.54, 1.807) is 0 Å². The molecule has 0 bridgehead atoms. The van der Waals surface area contributed by atoms with E-state index in [0.29, 0.717) is 24.8 Å². The van der Waals surface area contributed by atoms with Crippen molar-refractivity contribution < 1.29 is 14.6 Å². The van der Waals surface area contributed by atoms with Crippen LogP contribution in [0.2, 0.25) is 0 Å². The summed E-state index contributed by atoms with van der Waals surface area (Å²) in [5, 5.41) is 11.8. The minimum Gasteiger partial charge on any atom is -0.450 e. The molecule has 6 rings (SSSR count). The van der Waals surface area contributed by atoms with Gasteiger partial charge in [-0.05, 0) is 34.2 Å². The standard InChI is InChI=1S/C34H30O3/c35-30-22-29(26-17-9-3-10-18-26)34(23-25-15-7-2-8-16-25)32(31(30)27-19-11-4-12-20-27)28(33(36)37-34)21-24-13-5-1-6-14-24/h1-20,29-31,35H,21-23H2/t29-,30+,31+,34-/m1/s1. The summed E-state index contributed by atoms with van der Waals surface area (Å²) in [6, 6.07) is 40.6. The summed E-state index contributed by atoms with van der Waals surface area (Å²) < 4.78 is 6.58. The van der Waals surface area contributed by atoms with Crippen molar-refractivity contribution >= 4 is 5.97 Å². The second-order valence-corrected chi connectivity index (χ2v) is 10.2. The van der Waals surface area contributed by atoms with Crippen molar-refractivity contribution in [1.82, 2.24) is 0 Å². The molecule has 0 amide bonds. The fourth-order valence-corrected chi connectivity index (χ4v) is 6.38. The van der Waals surface area contributed by atoms with Crippen LogP contribution in [0.1, 0.15) is 40.5 Å². The smallest absolute Gasteiger partial charge is 0.335 e. The maximum atomic E-state index is 13.8. The molecule has 184 valence electrons. The Hall–Kier alpha value is -3.95. The zero-order valence-corrected chi connectivity index (χ0v) is 20.7. The summed E-state index contributed by atoms with van der Waals surface area (Å²) in [6.45, 7) is 0. The zero-order chi connectivity index (χ0) is 25.2. The molecule has 37 heavy (non-hydrogen) atoms. The van der Waals surface area contributed by atoms with Gasteiger partial charge in [-0.25, -0.2) is 4.79 Å². The van der Waals surface area contributed by atoms with Gasteiger partial charge in [0.1, 0.15) is 5.60 Å². The highest BCUT2D eigenvalue weighted by Gasteiger charge is 2.59. The van der Waals surface area contributed by atoms with Gasteiger partial charge in [-0.2, -0.15) is 0 Å². The molecule has 2 aliphatic rings. The summed E-state index contributed by atoms with van der Waals surface area (Å²) >= 11 is 0. The lowest BCUT2D eigenvalue weighted by atomic mass is 9.60. The zero-order valence-electron chi connectivity index (χ0n) is 20.7. The number of carbonyl (C=O) groups is 1. The molecule has 1 aliphatic carbocycles. The number of hydrogen-bond donors (Lipinski definition) is 1. The van der Waals surface area contributed by atoms with Gasteiger partial charge in [-0.15, -0.1) is 0 Å². The molecule has 1 saturated carbocycles. The summed E-state index contributed by atoms with van der Waals surface area (Å²) in [6.07, 6.45) is 0.893. The summed E-state index contributed by atoms with van der Waals surface area (Å²) in [5.74, 6) is -0.767. The van der Waals surface area contributed by atoms with Gasteiger partial charge in [0, 0.05) is 30.3 Å². The number of esters is 1. The second kappa shape index (κ2) is 9.84. The van der Waals surface area contributed by atoms with Crippen molar-refractivity contribution in [3.05, 3.63) is 155 Å². The molecular formula is C34H30O3. The molecule has 4 atom stereocenters. The third-order valence-electron chi connectivity index (χ3n) is 7.93. The third kappa shape index (κ3) is 4.30. The van der Waals surface area contributed by atoms with Gasteiger partial charge >= 0.3 is 5.97 Å². The van der Waals surface area contributed by atoms with E-state index in [-0.39, 0.29) is 17.8 Å². The molecule has 1 N–H and O–H groups in total. The van der Waals surface area contributed by atoms with Gasteiger partial charge in [0.15, 0.2) is 0 Å². The average Bonchev–Trinajstić information content (AvgIpc) is 3.21. The lowest BCUT2D eigenvalue weighted by molar-refractivity contribution is -0.151. The molecule has 1 fully saturated rings. The highest BCUT2D eigenvalue weighted by atomic mass is 16.6. The van der Waals surface area contributed by atoms with Gasteiger partial charge in [0.25, 0.3) is 0 Å². The Bertz CT molecular complexity index is 1400. The molecule has 3 heteroatoms. The van der Waals surface area contributed by atoms with Crippen LogP contribution in [0.25, 0.3) is 0 Å². The lowest BCUT2D eigenvalue weighted by Gasteiger charge is -2.48. The molecule has 1 aliphatic heterocycles. The minimum absolute atomic E-state index is 0.170. The SMILES string of the molecule is O=C1O[C@@]2(Cc3ccccc3)C(=C1Cc1ccccc1)[C@@H](c1ccccc1)[C@@H](O)C[C@@H]2c1ccccc1. The van der Waals surface area contributed by atoms with Crippen LogP contribution in [-0.4, -0.2) is 22.8 Å². The molecule has 4 aromatic carbocycles. The predicted molar refractivity (Wildman–Crippen MR) is 145 cm³/mol. The maximum Gasteiger partial charge on any atom is 0.335 e. The van der Waals surface area contributed by atoms with Crippen LogP contribution in [0.5, 0.6) is 0 Å². The number of benzene rings is 4. The van der Waals surface area contributed by atoms with Crippen LogP contribution in [0, 0.1) is 0 Å². The van der Waals surface area contributed by atoms with Gasteiger partial charge < -0.3 is 9.84 Å². The number of rotatable bonds is 6. The highest BCUT2D eigenvalue weighted by Crippen LogP contribution is 2.58. The maximum absolute atomic E-state index is 13.8. The second-order valence-electron chi connectivity index (χ2n) is 10.2. The highest BCUT2D eigenvalue weighted by molar-refractivity contribution is 5.94. The first kappa shape index (κ1) is 23.4. The Morgan fingerprint density at radius 1 is 0.703 bits per heavy atom. The molecule has 1 heterocycles. The van der Waals surface area contributed by atoms with Crippen molar-refractivity contribution in [3.63, 3.8) is 0 Å². The molecule has 4 aromatic rings. The fourth-order valence-electron chi connectivity index (χ4n) is 6.38. The molecule has 0 saturated heterocycles. The molecular weight excluding hydrogens is 456 g/mol. The van der Waals surface area contributed by atoms with Crippen molar-refractivity contribution in [2.45, 2.75) is 42.8 Å². The van der Waals surface area contributed by atoms with Crippen LogP contribution < -0.4 is 0 Å². The first-order valence-corrected chi connectivity index (χ1v) is 13.0. The first-order valence-electron chi connectivity index (χ1n) is 13.0. The summed E-state index contributed by atoms with van der Waals surface area (Å²) in [5.41, 5.74) is 4.98. The average molecular weight is 487 g/mol. The van der Waals surface area contributed by atoms with Crippen molar-refractivity contribution in [3.8, 4) is 0 Å². The monoisotopic (exact) mass is 486 g/mol. The van der Waals surface area contributed by atoms with Crippen LogP contribution in [-0.2, 0) is 22.4 Å². The molecule has 0 radical (unpaired) electrons. The molecule has 3 nitrogen and oxygen atoms in total. The minimum atomic E-state index is -0.885. The predicted octanol–water partition coefficient (Wildman–Crippen LogP) is 6.40. The Morgan fingerprint density at radius 3 is 1.81 bits per heavy atom. The van der Waals surface area contributed by atoms with Gasteiger partial charge in [0.2, 0.25) is 0 Å². The van der Waals surface area contributed by atoms with Gasteiger partial charge in [-0.3, -0.25) is 0 Å².